The zero-order valence-electron chi connectivity index (χ0n) is 44.1. The van der Waals surface area contributed by atoms with Gasteiger partial charge in [0.05, 0.1) is 97.4 Å². The lowest BCUT2D eigenvalue weighted by Gasteiger charge is -2.24. The number of carbonyl (C=O) groups is 4. The van der Waals surface area contributed by atoms with Crippen LogP contribution >= 0.6 is 0 Å². The first-order valence-electron chi connectivity index (χ1n) is 25.7. The van der Waals surface area contributed by atoms with E-state index < -0.39 is 23.1 Å². The largest absolute Gasteiger partial charge is 0.507 e. The zero-order valence-corrected chi connectivity index (χ0v) is 44.1. The predicted octanol–water partition coefficient (Wildman–Crippen LogP) is 0.753. The van der Waals surface area contributed by atoms with Gasteiger partial charge in [0.25, 0.3) is 0 Å². The molecule has 1 unspecified atom stereocenters. The van der Waals surface area contributed by atoms with Gasteiger partial charge in [-0.25, -0.2) is 0 Å². The van der Waals surface area contributed by atoms with Crippen LogP contribution in [0.3, 0.4) is 0 Å². The molecule has 1 atom stereocenters. The van der Waals surface area contributed by atoms with Crippen molar-refractivity contribution in [3.63, 3.8) is 0 Å². The maximum Gasteiger partial charge on any atom is 0.240 e. The summed E-state index contributed by atoms with van der Waals surface area (Å²) in [6, 6.07) is 11.7. The number of rotatable bonds is 34. The van der Waals surface area contributed by atoms with Crippen molar-refractivity contribution in [1.29, 1.82) is 0 Å². The van der Waals surface area contributed by atoms with Crippen molar-refractivity contribution >= 4 is 51.7 Å². The van der Waals surface area contributed by atoms with Crippen LogP contribution in [0, 0.1) is 0 Å². The van der Waals surface area contributed by atoms with E-state index in [1.807, 2.05) is 38.0 Å². The van der Waals surface area contributed by atoms with Gasteiger partial charge in [0.1, 0.15) is 35.7 Å². The Balaban J connectivity index is 0.768. The van der Waals surface area contributed by atoms with Gasteiger partial charge in [0.2, 0.25) is 29.0 Å². The molecular formula is C54H76N10O12+2. The van der Waals surface area contributed by atoms with Gasteiger partial charge < -0.3 is 76.2 Å². The third-order valence-corrected chi connectivity index (χ3v) is 12.7. The number of quaternary nitrogens is 1. The molecule has 412 valence electrons. The Morgan fingerprint density at radius 3 is 1.24 bits per heavy atom. The summed E-state index contributed by atoms with van der Waals surface area (Å²) in [7, 11) is 7.67. The number of hydrogen-bond acceptors (Lipinski definition) is 19. The fourth-order valence-electron chi connectivity index (χ4n) is 8.82. The highest BCUT2D eigenvalue weighted by atomic mass is 16.5. The predicted molar refractivity (Wildman–Crippen MR) is 289 cm³/mol. The van der Waals surface area contributed by atoms with Gasteiger partial charge in [-0.3, -0.25) is 35.2 Å². The molecule has 0 saturated heterocycles. The van der Waals surface area contributed by atoms with E-state index in [-0.39, 0.29) is 80.3 Å². The lowest BCUT2D eigenvalue weighted by molar-refractivity contribution is -0.463. The van der Waals surface area contributed by atoms with E-state index in [4.69, 9.17) is 24.7 Å². The van der Waals surface area contributed by atoms with Gasteiger partial charge in [-0.2, -0.15) is 0 Å². The lowest BCUT2D eigenvalue weighted by atomic mass is 9.81. The fourth-order valence-corrected chi connectivity index (χ4v) is 8.82. The molecule has 22 nitrogen and oxygen atoms in total. The normalized spacial score (nSPS) is 13.4. The van der Waals surface area contributed by atoms with E-state index in [0.717, 1.165) is 25.7 Å². The number of unbranched alkanes of at least 4 members (excludes halogenated alkanes) is 1. The summed E-state index contributed by atoms with van der Waals surface area (Å²) in [5.74, 6) is -2.77. The minimum Gasteiger partial charge on any atom is -0.507 e. The summed E-state index contributed by atoms with van der Waals surface area (Å²) in [5, 5.41) is 58.8. The average molecular weight is 1060 g/mol. The molecule has 4 aromatic carbocycles. The molecule has 22 heteroatoms. The number of hydrogen-bond donors (Lipinski definition) is 12. The molecule has 15 N–H and O–H groups in total. The zero-order chi connectivity index (χ0) is 54.7. The number of nitrogens with zero attached hydrogens (tertiary/aromatic N) is 2. The summed E-state index contributed by atoms with van der Waals surface area (Å²) in [6.45, 7) is 7.10. The number of benzene rings is 4. The number of amidine groups is 1. The van der Waals surface area contributed by atoms with E-state index in [9.17, 15) is 39.6 Å². The molecule has 4 aromatic rings. The van der Waals surface area contributed by atoms with Gasteiger partial charge in [-0.05, 0) is 89.6 Å². The Morgan fingerprint density at radius 1 is 0.500 bits per heavy atom. The second kappa shape index (κ2) is 28.9. The first kappa shape index (κ1) is 58.4. The average Bonchev–Trinajstić information content (AvgIpc) is 3.38. The Hall–Kier alpha value is -6.89. The third-order valence-electron chi connectivity index (χ3n) is 12.7. The molecule has 76 heavy (non-hydrogen) atoms. The number of ketones is 4. The SMILES string of the molecule is CN(C)CCNc1ccc(O)c2c1C(=O)c1c(O)ccc(NCCOCCNC([NH3+])CCCCC(N)=[NH+]CCOCCOCCOCCNc3ccc(O)c4c3C(=O)c3c(O)ccc(NCCN(C)C)c3C4=O)c1C2=O. The number of fused-ring (bicyclic) bond motifs is 4. The van der Waals surface area contributed by atoms with Crippen molar-refractivity contribution in [3.05, 3.63) is 93.0 Å². The van der Waals surface area contributed by atoms with Crippen LogP contribution in [0.5, 0.6) is 23.0 Å². The maximum absolute atomic E-state index is 13.8. The molecule has 0 amide bonds. The van der Waals surface area contributed by atoms with Crippen LogP contribution in [0.25, 0.3) is 0 Å². The van der Waals surface area contributed by atoms with Crippen LogP contribution in [0.2, 0.25) is 0 Å². The Bertz CT molecular complexity index is 2700. The molecule has 0 fully saturated rings. The highest BCUT2D eigenvalue weighted by molar-refractivity contribution is 6.34. The van der Waals surface area contributed by atoms with Gasteiger partial charge >= 0.3 is 0 Å². The minimum absolute atomic E-state index is 0.000617. The second-order valence-corrected chi connectivity index (χ2v) is 19.0. The topological polar surface area (TPSA) is 320 Å². The number of nitrogens with two attached hydrogens (primary N) is 1. The summed E-state index contributed by atoms with van der Waals surface area (Å²) in [4.78, 5) is 62.1. The van der Waals surface area contributed by atoms with E-state index in [1.165, 1.54) is 36.4 Å². The van der Waals surface area contributed by atoms with Crippen LogP contribution in [-0.4, -0.2) is 199 Å². The molecule has 0 spiro atoms. The van der Waals surface area contributed by atoms with Crippen molar-refractivity contribution in [2.75, 3.05) is 155 Å². The van der Waals surface area contributed by atoms with Crippen molar-refractivity contribution in [1.82, 2.24) is 15.1 Å². The van der Waals surface area contributed by atoms with Crippen molar-refractivity contribution < 1.29 is 69.3 Å². The number of phenols is 4. The minimum atomic E-state index is -0.564. The first-order valence-corrected chi connectivity index (χ1v) is 25.7. The second-order valence-electron chi connectivity index (χ2n) is 19.0. The van der Waals surface area contributed by atoms with Crippen LogP contribution < -0.4 is 43.0 Å². The monoisotopic (exact) mass is 1060 g/mol. The van der Waals surface area contributed by atoms with Crippen molar-refractivity contribution in [3.8, 4) is 23.0 Å². The van der Waals surface area contributed by atoms with Crippen molar-refractivity contribution in [2.24, 2.45) is 5.73 Å². The van der Waals surface area contributed by atoms with E-state index >= 15 is 0 Å². The standard InChI is InChI=1S/C54H74N10O12/c1-63(2)23-17-57-33-9-13-37(65)47-43(33)51(69)49-39(67)15-11-35(45(49)53(47)71)59-19-25-73-27-21-61-41(55)7-5-6-8-42(56)62-22-28-75-30-32-76-31-29-74-26-20-60-36-12-16-40(68)50-46(36)54(72)48-38(66)14-10-34(44(48)52(50)70)58-18-24-64(3)4/h9-16,41,57-61,65-68H,5-8,17-32,55H2,1-4H3,(H2,56,62)/p+2. The molecular weight excluding hydrogens is 981 g/mol. The van der Waals surface area contributed by atoms with Crippen LogP contribution in [0.15, 0.2) is 48.5 Å². The third kappa shape index (κ3) is 15.4. The number of carbonyl (C=O) groups excluding carboxylic acids is 4. The van der Waals surface area contributed by atoms with Gasteiger partial charge in [0.15, 0.2) is 0 Å². The van der Waals surface area contributed by atoms with E-state index in [0.29, 0.717) is 127 Å². The summed E-state index contributed by atoms with van der Waals surface area (Å²) < 4.78 is 22.7. The number of anilines is 4. The van der Waals surface area contributed by atoms with Crippen molar-refractivity contribution in [2.45, 2.75) is 31.8 Å². The van der Waals surface area contributed by atoms with Gasteiger partial charge in [0, 0.05) is 81.4 Å². The fraction of sp³-hybridized carbons (Fsp3) is 0.463. The quantitative estimate of drug-likeness (QED) is 0.00872. The molecule has 0 heterocycles. The number of phenolic OH excluding ortho intramolecular Hbond substituents is 4. The summed E-state index contributed by atoms with van der Waals surface area (Å²) in [5.41, 5.74) is 11.6. The summed E-state index contributed by atoms with van der Waals surface area (Å²) >= 11 is 0. The van der Waals surface area contributed by atoms with Crippen LogP contribution in [0.4, 0.5) is 22.7 Å². The van der Waals surface area contributed by atoms with E-state index in [1.54, 1.807) is 12.1 Å². The molecule has 0 aromatic heterocycles. The molecule has 0 bridgehead atoms. The molecule has 2 aliphatic carbocycles. The lowest BCUT2D eigenvalue weighted by Crippen LogP contribution is -2.76. The van der Waals surface area contributed by atoms with Gasteiger partial charge in [-0.1, -0.05) is 0 Å². The number of ether oxygens (including phenoxy) is 4. The Labute approximate surface area is 443 Å². The van der Waals surface area contributed by atoms with E-state index in [2.05, 4.69) is 37.3 Å². The Morgan fingerprint density at radius 2 is 0.842 bits per heavy atom. The number of nitrogens with one attached hydrogen (secondary N) is 6. The highest BCUT2D eigenvalue weighted by Crippen LogP contribution is 2.44. The number of likely N-dealkylation sites (N-methyl/N-ethyl adjacent to an activating group) is 2. The number of aromatic hydroxyl groups is 4. The Kier molecular flexibility index (Phi) is 22.2. The van der Waals surface area contributed by atoms with Crippen LogP contribution in [0.1, 0.15) is 89.4 Å². The van der Waals surface area contributed by atoms with Crippen LogP contribution in [-0.2, 0) is 18.9 Å². The molecule has 6 rings (SSSR count). The maximum atomic E-state index is 13.8. The summed E-state index contributed by atoms with van der Waals surface area (Å²) in [6.07, 6.45) is 3.43. The highest BCUT2D eigenvalue weighted by Gasteiger charge is 2.39. The molecule has 0 saturated carbocycles. The van der Waals surface area contributed by atoms with Gasteiger partial charge in [-0.15, -0.1) is 0 Å². The first-order chi connectivity index (χ1) is 36.6. The molecule has 2 aliphatic rings. The molecule has 0 aliphatic heterocycles. The smallest absolute Gasteiger partial charge is 0.240 e. The molecule has 0 radical (unpaired) electrons.